The maximum atomic E-state index is 4.54. The third kappa shape index (κ3) is 1.52. The van der Waals surface area contributed by atoms with Crippen molar-refractivity contribution in [3.05, 3.63) is 61.1 Å². The van der Waals surface area contributed by atoms with Crippen LogP contribution in [0.4, 0.5) is 0 Å². The van der Waals surface area contributed by atoms with E-state index in [1.54, 1.807) is 0 Å². The summed E-state index contributed by atoms with van der Waals surface area (Å²) in [6, 6.07) is 16.3. The van der Waals surface area contributed by atoms with Crippen LogP contribution in [0.3, 0.4) is 0 Å². The van der Waals surface area contributed by atoms with E-state index >= 15 is 0 Å². The molecule has 0 saturated carbocycles. The average Bonchev–Trinajstić information content (AvgIpc) is 2.95. The molecule has 0 unspecified atom stereocenters. The van der Waals surface area contributed by atoms with E-state index in [0.717, 1.165) is 27.7 Å². The first-order chi connectivity index (χ1) is 9.43. The minimum absolute atomic E-state index is 0.909. The smallest absolute Gasteiger partial charge is 0.174 e. The van der Waals surface area contributed by atoms with Crippen LogP contribution in [0, 0.1) is 6.33 Å². The lowest BCUT2D eigenvalue weighted by molar-refractivity contribution is 1.31. The average molecular weight is 244 g/mol. The predicted octanol–water partition coefficient (Wildman–Crippen LogP) is 3.58. The second kappa shape index (κ2) is 3.92. The number of hydrogen-bond donors (Lipinski definition) is 1. The number of nitrogens with zero attached hydrogens (tertiary/aromatic N) is 2. The van der Waals surface area contributed by atoms with Gasteiger partial charge in [0.25, 0.3) is 0 Å². The van der Waals surface area contributed by atoms with E-state index in [9.17, 15) is 0 Å². The van der Waals surface area contributed by atoms with Crippen molar-refractivity contribution in [1.82, 2.24) is 15.0 Å². The van der Waals surface area contributed by atoms with Crippen molar-refractivity contribution >= 4 is 21.8 Å². The molecule has 1 N–H and O–H groups in total. The number of rotatable bonds is 1. The highest BCUT2D eigenvalue weighted by Crippen LogP contribution is 2.30. The van der Waals surface area contributed by atoms with Crippen LogP contribution in [0.5, 0.6) is 0 Å². The van der Waals surface area contributed by atoms with Gasteiger partial charge in [-0.15, -0.1) is 0 Å². The highest BCUT2D eigenvalue weighted by Gasteiger charge is 2.10. The maximum absolute atomic E-state index is 4.54. The van der Waals surface area contributed by atoms with E-state index < -0.39 is 0 Å². The van der Waals surface area contributed by atoms with Gasteiger partial charge in [0.1, 0.15) is 0 Å². The van der Waals surface area contributed by atoms with Gasteiger partial charge in [0, 0.05) is 17.1 Å². The third-order valence-corrected chi connectivity index (χ3v) is 3.32. The molecule has 2 aromatic heterocycles. The molecule has 0 aliphatic heterocycles. The molecular formula is C16H10N3. The lowest BCUT2D eigenvalue weighted by atomic mass is 10.0. The summed E-state index contributed by atoms with van der Waals surface area (Å²) >= 11 is 0. The molecule has 4 rings (SSSR count). The number of imidazole rings is 1. The highest BCUT2D eigenvalue weighted by molar-refractivity contribution is 6.01. The second-order valence-electron chi connectivity index (χ2n) is 4.43. The lowest BCUT2D eigenvalue weighted by Gasteiger charge is -2.06. The lowest BCUT2D eigenvalue weighted by Crippen LogP contribution is -1.87. The van der Waals surface area contributed by atoms with Crippen molar-refractivity contribution in [1.29, 1.82) is 0 Å². The molecule has 2 aromatic carbocycles. The van der Waals surface area contributed by atoms with Crippen LogP contribution in [0.25, 0.3) is 33.1 Å². The summed E-state index contributed by atoms with van der Waals surface area (Å²) in [7, 11) is 0. The van der Waals surface area contributed by atoms with Gasteiger partial charge in [0.2, 0.25) is 0 Å². The Balaban J connectivity index is 2.12. The molecule has 0 fully saturated rings. The minimum atomic E-state index is 0.909. The topological polar surface area (TPSA) is 41.6 Å². The van der Waals surface area contributed by atoms with Gasteiger partial charge in [-0.1, -0.05) is 36.4 Å². The molecule has 3 heteroatoms. The first-order valence-corrected chi connectivity index (χ1v) is 6.12. The zero-order valence-electron chi connectivity index (χ0n) is 10.1. The molecule has 0 aliphatic carbocycles. The molecule has 2 heterocycles. The van der Waals surface area contributed by atoms with Crippen molar-refractivity contribution in [3.8, 4) is 11.3 Å². The fourth-order valence-corrected chi connectivity index (χ4v) is 2.43. The maximum Gasteiger partial charge on any atom is 0.174 e. The van der Waals surface area contributed by atoms with E-state index in [0.29, 0.717) is 0 Å². The summed E-state index contributed by atoms with van der Waals surface area (Å²) in [5, 5.41) is 2.32. The van der Waals surface area contributed by atoms with E-state index in [1.165, 1.54) is 5.39 Å². The van der Waals surface area contributed by atoms with Gasteiger partial charge in [-0.3, -0.25) is 4.98 Å². The Kier molecular flexibility index (Phi) is 2.12. The molecule has 0 bridgehead atoms. The molecule has 3 nitrogen and oxygen atoms in total. The van der Waals surface area contributed by atoms with Crippen molar-refractivity contribution < 1.29 is 0 Å². The Hall–Kier alpha value is -2.68. The Bertz CT molecular complexity index is 872. The van der Waals surface area contributed by atoms with E-state index in [4.69, 9.17) is 0 Å². The monoisotopic (exact) mass is 244 g/mol. The molecule has 89 valence electrons. The van der Waals surface area contributed by atoms with Gasteiger partial charge in [0.05, 0.1) is 16.7 Å². The van der Waals surface area contributed by atoms with Crippen LogP contribution in [0.1, 0.15) is 0 Å². The number of fused-ring (bicyclic) bond motifs is 2. The fraction of sp³-hybridized carbons (Fsp3) is 0. The number of para-hydroxylation sites is 1. The zero-order chi connectivity index (χ0) is 12.7. The summed E-state index contributed by atoms with van der Waals surface area (Å²) in [4.78, 5) is 11.8. The Morgan fingerprint density at radius 1 is 0.947 bits per heavy atom. The zero-order valence-corrected chi connectivity index (χ0v) is 10.1. The quantitative estimate of drug-likeness (QED) is 0.556. The van der Waals surface area contributed by atoms with Gasteiger partial charge in [-0.2, -0.15) is 0 Å². The minimum Gasteiger partial charge on any atom is -0.335 e. The number of H-pyrrole nitrogens is 1. The normalized spacial score (nSPS) is 11.2. The predicted molar refractivity (Wildman–Crippen MR) is 75.7 cm³/mol. The Morgan fingerprint density at radius 2 is 1.89 bits per heavy atom. The van der Waals surface area contributed by atoms with Crippen LogP contribution in [-0.4, -0.2) is 15.0 Å². The summed E-state index contributed by atoms with van der Waals surface area (Å²) < 4.78 is 0. The van der Waals surface area contributed by atoms with Crippen molar-refractivity contribution in [2.45, 2.75) is 0 Å². The molecule has 0 spiro atoms. The van der Waals surface area contributed by atoms with Crippen LogP contribution >= 0.6 is 0 Å². The molecule has 0 amide bonds. The Morgan fingerprint density at radius 3 is 2.89 bits per heavy atom. The van der Waals surface area contributed by atoms with Crippen molar-refractivity contribution in [2.75, 3.05) is 0 Å². The van der Waals surface area contributed by atoms with Gasteiger partial charge >= 0.3 is 0 Å². The SMILES string of the molecule is [c]1nc2c(-c3nccc4ccccc34)cccc2[nH]1. The standard InChI is InChI=1S/C16H10N3/c1-2-5-12-11(4-1)8-9-17-15(12)13-6-3-7-14-16(13)19-10-18-14/h1-9H,(H,18,19). The number of hydrogen-bond acceptors (Lipinski definition) is 2. The molecule has 0 atom stereocenters. The molecule has 0 saturated heterocycles. The van der Waals surface area contributed by atoms with Crippen LogP contribution in [0.15, 0.2) is 54.7 Å². The molecule has 4 aromatic rings. The fourth-order valence-electron chi connectivity index (χ4n) is 2.43. The number of benzene rings is 2. The van der Waals surface area contributed by atoms with Crippen LogP contribution < -0.4 is 0 Å². The van der Waals surface area contributed by atoms with Gasteiger partial charge < -0.3 is 4.98 Å². The summed E-state index contributed by atoms with van der Waals surface area (Å²) in [6.07, 6.45) is 4.63. The Labute approximate surface area is 110 Å². The first kappa shape index (κ1) is 10.3. The van der Waals surface area contributed by atoms with Gasteiger partial charge in [-0.05, 0) is 17.5 Å². The number of nitrogens with one attached hydrogen (secondary N) is 1. The number of pyridine rings is 1. The number of aromatic amines is 1. The van der Waals surface area contributed by atoms with Crippen LogP contribution in [-0.2, 0) is 0 Å². The molecule has 1 radical (unpaired) electrons. The number of aromatic nitrogens is 3. The third-order valence-electron chi connectivity index (χ3n) is 3.32. The molecule has 19 heavy (non-hydrogen) atoms. The summed E-state index contributed by atoms with van der Waals surface area (Å²) in [5.41, 5.74) is 3.88. The largest absolute Gasteiger partial charge is 0.335 e. The molecule has 0 aliphatic rings. The highest BCUT2D eigenvalue weighted by atomic mass is 14.9. The van der Waals surface area contributed by atoms with Crippen LogP contribution in [0.2, 0.25) is 0 Å². The van der Waals surface area contributed by atoms with E-state index in [2.05, 4.69) is 33.4 Å². The molecular weight excluding hydrogens is 234 g/mol. The van der Waals surface area contributed by atoms with Crippen molar-refractivity contribution in [2.24, 2.45) is 0 Å². The van der Waals surface area contributed by atoms with Gasteiger partial charge in [-0.25, -0.2) is 4.98 Å². The summed E-state index contributed by atoms with van der Waals surface area (Å²) in [6.45, 7) is 0. The van der Waals surface area contributed by atoms with Crippen molar-refractivity contribution in [3.63, 3.8) is 0 Å². The first-order valence-electron chi connectivity index (χ1n) is 6.12. The van der Waals surface area contributed by atoms with E-state index in [1.807, 2.05) is 42.6 Å². The summed E-state index contributed by atoms with van der Waals surface area (Å²) in [5.74, 6) is 0. The van der Waals surface area contributed by atoms with E-state index in [-0.39, 0.29) is 0 Å². The van der Waals surface area contributed by atoms with Gasteiger partial charge in [0.15, 0.2) is 6.33 Å². The second-order valence-corrected chi connectivity index (χ2v) is 4.43.